The third kappa shape index (κ3) is 5.55. The van der Waals surface area contributed by atoms with Crippen LogP contribution in [0.25, 0.3) is 0 Å². The minimum Gasteiger partial charge on any atom is -0.497 e. The Labute approximate surface area is 204 Å². The molecule has 8 nitrogen and oxygen atoms in total. The summed E-state index contributed by atoms with van der Waals surface area (Å²) in [5.74, 6) is 0.383. The predicted molar refractivity (Wildman–Crippen MR) is 132 cm³/mol. The predicted octanol–water partition coefficient (Wildman–Crippen LogP) is 4.51. The minimum absolute atomic E-state index is 0.0639. The average molecular weight is 505 g/mol. The van der Waals surface area contributed by atoms with Gasteiger partial charge in [-0.1, -0.05) is 23.7 Å². The Hall–Kier alpha value is -3.43. The van der Waals surface area contributed by atoms with Crippen LogP contribution < -0.4 is 23.8 Å². The van der Waals surface area contributed by atoms with E-state index in [2.05, 4.69) is 5.32 Å². The van der Waals surface area contributed by atoms with Crippen molar-refractivity contribution < 1.29 is 27.4 Å². The quantitative estimate of drug-likeness (QED) is 0.461. The lowest BCUT2D eigenvalue weighted by molar-refractivity contribution is -0.114. The van der Waals surface area contributed by atoms with Gasteiger partial charge < -0.3 is 19.5 Å². The number of anilines is 2. The lowest BCUT2D eigenvalue weighted by Gasteiger charge is -2.25. The first-order valence-electron chi connectivity index (χ1n) is 10.1. The third-order valence-corrected chi connectivity index (χ3v) is 6.98. The summed E-state index contributed by atoms with van der Waals surface area (Å²) < 4.78 is 44.4. The second-order valence-corrected chi connectivity index (χ2v) is 9.53. The topological polar surface area (TPSA) is 94.2 Å². The zero-order valence-corrected chi connectivity index (χ0v) is 20.7. The van der Waals surface area contributed by atoms with E-state index in [9.17, 15) is 13.2 Å². The van der Waals surface area contributed by atoms with Crippen molar-refractivity contribution in [2.45, 2.75) is 11.8 Å². The number of benzene rings is 3. The number of methoxy groups -OCH3 is 3. The van der Waals surface area contributed by atoms with Gasteiger partial charge in [0.15, 0.2) is 0 Å². The third-order valence-electron chi connectivity index (χ3n) is 4.95. The fourth-order valence-electron chi connectivity index (χ4n) is 3.28. The molecule has 0 aliphatic rings. The number of rotatable bonds is 9. The van der Waals surface area contributed by atoms with Gasteiger partial charge in [-0.05, 0) is 55.0 Å². The van der Waals surface area contributed by atoms with E-state index in [4.69, 9.17) is 25.8 Å². The van der Waals surface area contributed by atoms with Gasteiger partial charge in [-0.2, -0.15) is 0 Å². The standard InChI is InChI=1S/C24H25ClN2O6S/c1-16-8-10-22(33-4)23(12-16)34(29,30)27(18-6-5-7-19(14-18)31-2)15-24(28)26-20-13-17(25)9-11-21(20)32-3/h5-14H,15H2,1-4H3,(H,26,28). The molecule has 3 aromatic rings. The van der Waals surface area contributed by atoms with E-state index in [1.807, 2.05) is 0 Å². The number of halogens is 1. The second kappa shape index (κ2) is 10.7. The van der Waals surface area contributed by atoms with E-state index in [-0.39, 0.29) is 16.3 Å². The number of nitrogens with one attached hydrogen (secondary N) is 1. The van der Waals surface area contributed by atoms with Crippen molar-refractivity contribution in [2.75, 3.05) is 37.5 Å². The smallest absolute Gasteiger partial charge is 0.268 e. The van der Waals surface area contributed by atoms with Gasteiger partial charge in [0.2, 0.25) is 5.91 Å². The molecule has 180 valence electrons. The molecule has 0 radical (unpaired) electrons. The van der Waals surface area contributed by atoms with Gasteiger partial charge in [0.25, 0.3) is 10.0 Å². The molecule has 0 aliphatic carbocycles. The van der Waals surface area contributed by atoms with Crippen molar-refractivity contribution in [2.24, 2.45) is 0 Å². The van der Waals surface area contributed by atoms with Gasteiger partial charge in [-0.3, -0.25) is 9.10 Å². The summed E-state index contributed by atoms with van der Waals surface area (Å²) in [5, 5.41) is 3.06. The molecular formula is C24H25ClN2O6S. The summed E-state index contributed by atoms with van der Waals surface area (Å²) in [6.07, 6.45) is 0. The molecule has 0 aromatic heterocycles. The van der Waals surface area contributed by atoms with Gasteiger partial charge >= 0.3 is 0 Å². The maximum atomic E-state index is 13.8. The molecule has 0 heterocycles. The zero-order chi connectivity index (χ0) is 24.9. The normalized spacial score (nSPS) is 11.0. The number of sulfonamides is 1. The molecule has 0 fully saturated rings. The van der Waals surface area contributed by atoms with E-state index >= 15 is 0 Å². The first kappa shape index (κ1) is 25.2. The molecule has 0 spiro atoms. The Kier molecular flexibility index (Phi) is 7.90. The van der Waals surface area contributed by atoms with Crippen molar-refractivity contribution in [3.05, 3.63) is 71.2 Å². The fraction of sp³-hybridized carbons (Fsp3) is 0.208. The van der Waals surface area contributed by atoms with E-state index in [1.165, 1.54) is 39.5 Å². The Balaban J connectivity index is 2.06. The van der Waals surface area contributed by atoms with Crippen LogP contribution in [0.1, 0.15) is 5.56 Å². The van der Waals surface area contributed by atoms with E-state index in [0.29, 0.717) is 22.2 Å². The van der Waals surface area contributed by atoms with Crippen LogP contribution in [0, 0.1) is 6.92 Å². The Morgan fingerprint density at radius 2 is 1.65 bits per heavy atom. The van der Waals surface area contributed by atoms with Gasteiger partial charge in [-0.25, -0.2) is 8.42 Å². The Bertz CT molecular complexity index is 1300. The highest BCUT2D eigenvalue weighted by molar-refractivity contribution is 7.93. The van der Waals surface area contributed by atoms with Crippen molar-refractivity contribution in [3.8, 4) is 17.2 Å². The van der Waals surface area contributed by atoms with Crippen LogP contribution in [0.5, 0.6) is 17.2 Å². The molecule has 34 heavy (non-hydrogen) atoms. The molecule has 10 heteroatoms. The summed E-state index contributed by atoms with van der Waals surface area (Å²) in [7, 11) is 0.0919. The molecule has 3 aromatic carbocycles. The number of amides is 1. The van der Waals surface area contributed by atoms with E-state index < -0.39 is 22.5 Å². The number of carbonyl (C=O) groups excluding carboxylic acids is 1. The molecule has 3 rings (SSSR count). The molecular weight excluding hydrogens is 480 g/mol. The largest absolute Gasteiger partial charge is 0.497 e. The monoisotopic (exact) mass is 504 g/mol. The summed E-state index contributed by atoms with van der Waals surface area (Å²) in [5.41, 5.74) is 1.28. The summed E-state index contributed by atoms with van der Waals surface area (Å²) in [4.78, 5) is 13.0. The van der Waals surface area contributed by atoms with Gasteiger partial charge in [0, 0.05) is 11.1 Å². The number of hydrogen-bond donors (Lipinski definition) is 1. The van der Waals surface area contributed by atoms with E-state index in [0.717, 1.165) is 9.87 Å². The van der Waals surface area contributed by atoms with Crippen LogP contribution in [0.4, 0.5) is 11.4 Å². The van der Waals surface area contributed by atoms with Gasteiger partial charge in [0.1, 0.15) is 28.7 Å². The van der Waals surface area contributed by atoms with Crippen LogP contribution in [0.15, 0.2) is 65.6 Å². The maximum absolute atomic E-state index is 13.8. The maximum Gasteiger partial charge on any atom is 0.268 e. The van der Waals surface area contributed by atoms with Crippen molar-refractivity contribution in [3.63, 3.8) is 0 Å². The minimum atomic E-state index is -4.22. The summed E-state index contributed by atoms with van der Waals surface area (Å²) >= 11 is 6.05. The zero-order valence-electron chi connectivity index (χ0n) is 19.2. The molecule has 0 bridgehead atoms. The lowest BCUT2D eigenvalue weighted by atomic mass is 10.2. The number of carbonyl (C=O) groups is 1. The highest BCUT2D eigenvalue weighted by atomic mass is 35.5. The summed E-state index contributed by atoms with van der Waals surface area (Å²) in [6.45, 7) is 1.24. The highest BCUT2D eigenvalue weighted by Gasteiger charge is 2.30. The first-order valence-corrected chi connectivity index (χ1v) is 12.0. The van der Waals surface area contributed by atoms with Crippen LogP contribution in [0.2, 0.25) is 5.02 Å². The van der Waals surface area contributed by atoms with Crippen molar-refractivity contribution in [1.82, 2.24) is 0 Å². The van der Waals surface area contributed by atoms with Crippen LogP contribution in [-0.4, -0.2) is 42.2 Å². The Morgan fingerprint density at radius 1 is 0.941 bits per heavy atom. The molecule has 0 unspecified atom stereocenters. The second-order valence-electron chi connectivity index (χ2n) is 7.26. The van der Waals surface area contributed by atoms with Crippen LogP contribution in [-0.2, 0) is 14.8 Å². The van der Waals surface area contributed by atoms with Crippen LogP contribution >= 0.6 is 11.6 Å². The number of nitrogens with zero attached hydrogens (tertiary/aromatic N) is 1. The molecule has 1 amide bonds. The van der Waals surface area contributed by atoms with Crippen LogP contribution in [0.3, 0.4) is 0 Å². The fourth-order valence-corrected chi connectivity index (χ4v) is 5.11. The first-order chi connectivity index (χ1) is 16.2. The molecule has 0 aliphatic heterocycles. The van der Waals surface area contributed by atoms with Gasteiger partial charge in [-0.15, -0.1) is 0 Å². The SMILES string of the molecule is COc1cccc(N(CC(=O)Nc2cc(Cl)ccc2OC)S(=O)(=O)c2cc(C)ccc2OC)c1. The Morgan fingerprint density at radius 3 is 2.32 bits per heavy atom. The lowest BCUT2D eigenvalue weighted by Crippen LogP contribution is -2.38. The molecule has 0 atom stereocenters. The number of hydrogen-bond acceptors (Lipinski definition) is 6. The van der Waals surface area contributed by atoms with E-state index in [1.54, 1.807) is 49.4 Å². The molecule has 0 saturated carbocycles. The van der Waals surface area contributed by atoms with Gasteiger partial charge in [0.05, 0.1) is 32.7 Å². The summed E-state index contributed by atoms with van der Waals surface area (Å²) in [6, 6.07) is 16.0. The molecule has 0 saturated heterocycles. The highest BCUT2D eigenvalue weighted by Crippen LogP contribution is 2.33. The van der Waals surface area contributed by atoms with Crippen molar-refractivity contribution in [1.29, 1.82) is 0 Å². The molecule has 1 N–H and O–H groups in total. The average Bonchev–Trinajstić information content (AvgIpc) is 2.82. The van der Waals surface area contributed by atoms with Crippen molar-refractivity contribution >= 4 is 38.9 Å². The number of aryl methyl sites for hydroxylation is 1. The number of ether oxygens (including phenoxy) is 3.